The summed E-state index contributed by atoms with van der Waals surface area (Å²) in [6.07, 6.45) is 1.02. The fourth-order valence-corrected chi connectivity index (χ4v) is 4.62. The van der Waals surface area contributed by atoms with Gasteiger partial charge < -0.3 is 5.32 Å². The van der Waals surface area contributed by atoms with E-state index in [9.17, 15) is 14.4 Å². The molecule has 1 N–H and O–H groups in total. The van der Waals surface area contributed by atoms with Crippen LogP contribution >= 0.6 is 23.4 Å². The molecule has 2 heterocycles. The van der Waals surface area contributed by atoms with E-state index in [1.165, 1.54) is 15.0 Å². The van der Waals surface area contributed by atoms with E-state index in [1.54, 1.807) is 18.2 Å². The standard InChI is InChI=1S/C23H23ClN4O3S/c1-3-14(2)15-4-7-17(8-5-15)28-21(30)18-12-16(24)6-9-19(18)26-23(28)32-13-20(29)27-11-10-25-22(27)31/h4-9,12,14H,3,10-11,13H2,1-2H3,(H,25,31). The number of hydrogen-bond donors (Lipinski definition) is 1. The van der Waals surface area contributed by atoms with Gasteiger partial charge in [0.15, 0.2) is 5.16 Å². The molecule has 0 aliphatic carbocycles. The lowest BCUT2D eigenvalue weighted by Gasteiger charge is -2.16. The van der Waals surface area contributed by atoms with E-state index in [4.69, 9.17) is 11.6 Å². The maximum Gasteiger partial charge on any atom is 0.324 e. The van der Waals surface area contributed by atoms with Crippen LogP contribution in [0.2, 0.25) is 5.02 Å². The molecule has 7 nitrogen and oxygen atoms in total. The van der Waals surface area contributed by atoms with Crippen molar-refractivity contribution in [1.29, 1.82) is 0 Å². The molecule has 0 radical (unpaired) electrons. The molecule has 32 heavy (non-hydrogen) atoms. The van der Waals surface area contributed by atoms with Gasteiger partial charge in [-0.1, -0.05) is 49.3 Å². The molecule has 1 aliphatic heterocycles. The van der Waals surface area contributed by atoms with Crippen molar-refractivity contribution in [2.75, 3.05) is 18.8 Å². The van der Waals surface area contributed by atoms with Gasteiger partial charge in [-0.3, -0.25) is 19.1 Å². The zero-order valence-electron chi connectivity index (χ0n) is 17.8. The first-order valence-corrected chi connectivity index (χ1v) is 11.8. The second-order valence-electron chi connectivity index (χ2n) is 7.66. The highest BCUT2D eigenvalue weighted by molar-refractivity contribution is 7.99. The number of nitrogens with zero attached hydrogens (tertiary/aromatic N) is 3. The second kappa shape index (κ2) is 9.34. The number of halogens is 1. The molecule has 9 heteroatoms. The van der Waals surface area contributed by atoms with Crippen LogP contribution in [0, 0.1) is 0 Å². The number of carbonyl (C=O) groups is 2. The van der Waals surface area contributed by atoms with Crippen LogP contribution in [0.4, 0.5) is 4.79 Å². The van der Waals surface area contributed by atoms with Crippen LogP contribution in [0.25, 0.3) is 16.6 Å². The number of aromatic nitrogens is 2. The summed E-state index contributed by atoms with van der Waals surface area (Å²) in [5.74, 6) is 0.0747. The largest absolute Gasteiger partial charge is 0.336 e. The van der Waals surface area contributed by atoms with Crippen molar-refractivity contribution in [2.45, 2.75) is 31.3 Å². The minimum Gasteiger partial charge on any atom is -0.336 e. The number of thioether (sulfide) groups is 1. The van der Waals surface area contributed by atoms with Gasteiger partial charge in [-0.05, 0) is 48.2 Å². The van der Waals surface area contributed by atoms with Crippen molar-refractivity contribution in [3.05, 3.63) is 63.4 Å². The summed E-state index contributed by atoms with van der Waals surface area (Å²) >= 11 is 7.26. The van der Waals surface area contributed by atoms with E-state index in [2.05, 4.69) is 24.1 Å². The molecule has 1 unspecified atom stereocenters. The predicted molar refractivity (Wildman–Crippen MR) is 127 cm³/mol. The number of urea groups is 1. The number of benzene rings is 2. The molecule has 4 rings (SSSR count). The topological polar surface area (TPSA) is 84.3 Å². The van der Waals surface area contributed by atoms with Gasteiger partial charge in [-0.2, -0.15) is 0 Å². The molecular weight excluding hydrogens is 448 g/mol. The SMILES string of the molecule is CCC(C)c1ccc(-n2c(SCC(=O)N3CCNC3=O)nc3ccc(Cl)cc3c2=O)cc1. The summed E-state index contributed by atoms with van der Waals surface area (Å²) in [7, 11) is 0. The van der Waals surface area contributed by atoms with Gasteiger partial charge in [0, 0.05) is 18.1 Å². The zero-order valence-corrected chi connectivity index (χ0v) is 19.4. The number of nitrogens with one attached hydrogen (secondary N) is 1. The molecule has 0 bridgehead atoms. The first-order chi connectivity index (χ1) is 15.4. The van der Waals surface area contributed by atoms with Crippen molar-refractivity contribution in [1.82, 2.24) is 19.8 Å². The van der Waals surface area contributed by atoms with Gasteiger partial charge in [-0.25, -0.2) is 9.78 Å². The Labute approximate surface area is 194 Å². The smallest absolute Gasteiger partial charge is 0.324 e. The van der Waals surface area contributed by atoms with Crippen LogP contribution in [0.1, 0.15) is 31.7 Å². The highest BCUT2D eigenvalue weighted by atomic mass is 35.5. The van der Waals surface area contributed by atoms with E-state index < -0.39 is 6.03 Å². The summed E-state index contributed by atoms with van der Waals surface area (Å²) < 4.78 is 1.50. The van der Waals surface area contributed by atoms with Gasteiger partial charge in [0.2, 0.25) is 5.91 Å². The van der Waals surface area contributed by atoms with Crippen LogP contribution in [0.5, 0.6) is 0 Å². The Kier molecular flexibility index (Phi) is 6.53. The van der Waals surface area contributed by atoms with Gasteiger partial charge >= 0.3 is 6.03 Å². The summed E-state index contributed by atoms with van der Waals surface area (Å²) in [6.45, 7) is 5.07. The molecule has 1 fully saturated rings. The summed E-state index contributed by atoms with van der Waals surface area (Å²) in [6, 6.07) is 12.4. The molecule has 3 aromatic rings. The summed E-state index contributed by atoms with van der Waals surface area (Å²) in [5, 5.41) is 3.85. The van der Waals surface area contributed by atoms with Crippen LogP contribution in [-0.4, -0.2) is 45.2 Å². The number of hydrogen-bond acceptors (Lipinski definition) is 5. The second-order valence-corrected chi connectivity index (χ2v) is 9.04. The van der Waals surface area contributed by atoms with Crippen LogP contribution in [0.3, 0.4) is 0 Å². The average Bonchev–Trinajstić information content (AvgIpc) is 3.23. The Balaban J connectivity index is 1.75. The Bertz CT molecular complexity index is 1240. The maximum atomic E-state index is 13.4. The molecule has 3 amide bonds. The van der Waals surface area contributed by atoms with E-state index in [0.29, 0.717) is 45.8 Å². The average molecular weight is 471 g/mol. The maximum absolute atomic E-state index is 13.4. The number of carbonyl (C=O) groups excluding carboxylic acids is 2. The number of fused-ring (bicyclic) bond motifs is 1. The van der Waals surface area contributed by atoms with E-state index >= 15 is 0 Å². The predicted octanol–water partition coefficient (Wildman–Crippen LogP) is 4.20. The summed E-state index contributed by atoms with van der Waals surface area (Å²) in [4.78, 5) is 43.6. The molecule has 1 saturated heterocycles. The highest BCUT2D eigenvalue weighted by Gasteiger charge is 2.26. The lowest BCUT2D eigenvalue weighted by atomic mass is 9.98. The third-order valence-corrected chi connectivity index (χ3v) is 6.77. The third-order valence-electron chi connectivity index (χ3n) is 5.61. The van der Waals surface area contributed by atoms with Crippen LogP contribution in [0.15, 0.2) is 52.4 Å². The number of imide groups is 1. The Morgan fingerprint density at radius 2 is 1.97 bits per heavy atom. The molecular formula is C23H23ClN4O3S. The number of rotatable bonds is 6. The van der Waals surface area contributed by atoms with Gasteiger partial charge in [0.05, 0.1) is 22.3 Å². The molecule has 166 valence electrons. The normalized spacial score (nSPS) is 14.6. The highest BCUT2D eigenvalue weighted by Crippen LogP contribution is 2.25. The van der Waals surface area contributed by atoms with Gasteiger partial charge in [0.1, 0.15) is 0 Å². The molecule has 0 spiro atoms. The van der Waals surface area contributed by atoms with E-state index in [-0.39, 0.29) is 17.2 Å². The van der Waals surface area contributed by atoms with Crippen molar-refractivity contribution in [3.63, 3.8) is 0 Å². The van der Waals surface area contributed by atoms with Crippen molar-refractivity contribution in [2.24, 2.45) is 0 Å². The Morgan fingerprint density at radius 3 is 2.62 bits per heavy atom. The molecule has 1 aromatic heterocycles. The van der Waals surface area contributed by atoms with E-state index in [0.717, 1.165) is 18.2 Å². The Morgan fingerprint density at radius 1 is 1.22 bits per heavy atom. The molecule has 1 atom stereocenters. The fourth-order valence-electron chi connectivity index (χ4n) is 3.56. The zero-order chi connectivity index (χ0) is 22.8. The third kappa shape index (κ3) is 4.38. The lowest BCUT2D eigenvalue weighted by molar-refractivity contribution is -0.124. The number of amides is 3. The van der Waals surface area contributed by atoms with E-state index in [1.807, 2.05) is 24.3 Å². The fraction of sp³-hybridized carbons (Fsp3) is 0.304. The quantitative estimate of drug-likeness (QED) is 0.431. The molecule has 2 aromatic carbocycles. The van der Waals surface area contributed by atoms with Crippen LogP contribution in [-0.2, 0) is 4.79 Å². The minimum atomic E-state index is -0.394. The van der Waals surface area contributed by atoms with Gasteiger partial charge in [-0.15, -0.1) is 0 Å². The minimum absolute atomic E-state index is 0.0100. The molecule has 1 aliphatic rings. The van der Waals surface area contributed by atoms with Gasteiger partial charge in [0.25, 0.3) is 5.56 Å². The van der Waals surface area contributed by atoms with Crippen molar-refractivity contribution in [3.8, 4) is 5.69 Å². The first-order valence-electron chi connectivity index (χ1n) is 10.4. The lowest BCUT2D eigenvalue weighted by Crippen LogP contribution is -2.35. The monoisotopic (exact) mass is 470 g/mol. The van der Waals surface area contributed by atoms with Crippen molar-refractivity contribution < 1.29 is 9.59 Å². The first kappa shape index (κ1) is 22.4. The van der Waals surface area contributed by atoms with Crippen LogP contribution < -0.4 is 10.9 Å². The van der Waals surface area contributed by atoms with Crippen molar-refractivity contribution >= 4 is 46.2 Å². The molecule has 0 saturated carbocycles. The summed E-state index contributed by atoms with van der Waals surface area (Å²) in [5.41, 5.74) is 2.08. The Hall–Kier alpha value is -2.84.